The third-order valence-corrected chi connectivity index (χ3v) is 5.40. The van der Waals surface area contributed by atoms with Crippen molar-refractivity contribution in [3.05, 3.63) is 82.9 Å². The summed E-state index contributed by atoms with van der Waals surface area (Å²) in [6, 6.07) is 19.5. The maximum Gasteiger partial charge on any atom is 0.0523 e. The summed E-state index contributed by atoms with van der Waals surface area (Å²) in [6.45, 7) is 10.5. The fraction of sp³-hybridized carbons (Fsp3) is 0.238. The van der Waals surface area contributed by atoms with Gasteiger partial charge in [-0.25, -0.2) is 0 Å². The molecule has 0 radical (unpaired) electrons. The fourth-order valence-electron chi connectivity index (χ4n) is 2.80. The van der Waals surface area contributed by atoms with Gasteiger partial charge in [0.05, 0.1) is 6.54 Å². The lowest BCUT2D eigenvalue weighted by atomic mass is 10.1. The molecule has 0 aliphatic carbocycles. The summed E-state index contributed by atoms with van der Waals surface area (Å²) in [4.78, 5) is 3.81. The van der Waals surface area contributed by atoms with Gasteiger partial charge >= 0.3 is 0 Å². The summed E-state index contributed by atoms with van der Waals surface area (Å²) in [6.07, 6.45) is 0.983. The third-order valence-electron chi connectivity index (χ3n) is 4.30. The number of benzene rings is 2. The van der Waals surface area contributed by atoms with Crippen LogP contribution in [0.25, 0.3) is 10.1 Å². The van der Waals surface area contributed by atoms with Crippen LogP contribution in [0.1, 0.15) is 29.3 Å². The molecule has 1 nitrogen and oxygen atoms in total. The van der Waals surface area contributed by atoms with Gasteiger partial charge in [-0.3, -0.25) is 0 Å². The summed E-state index contributed by atoms with van der Waals surface area (Å²) in [5, 5.41) is 1.34. The number of nitrogens with zero attached hydrogens (tertiary/aromatic N) is 1. The van der Waals surface area contributed by atoms with E-state index in [0.717, 1.165) is 19.5 Å². The van der Waals surface area contributed by atoms with Crippen LogP contribution in [0.3, 0.4) is 0 Å². The molecule has 0 N–H and O–H groups in total. The molecule has 1 heterocycles. The zero-order valence-corrected chi connectivity index (χ0v) is 14.7. The lowest BCUT2D eigenvalue weighted by Gasteiger charge is -2.26. The van der Waals surface area contributed by atoms with Gasteiger partial charge in [-0.05, 0) is 42.0 Å². The number of hydrogen-bond donors (Lipinski definition) is 0. The third kappa shape index (κ3) is 3.65. The van der Waals surface area contributed by atoms with Gasteiger partial charge in [0, 0.05) is 21.8 Å². The van der Waals surface area contributed by atoms with Crippen molar-refractivity contribution in [2.24, 2.45) is 0 Å². The highest BCUT2D eigenvalue weighted by Crippen LogP contribution is 2.28. The molecule has 0 saturated heterocycles. The zero-order valence-electron chi connectivity index (χ0n) is 13.9. The van der Waals surface area contributed by atoms with Crippen molar-refractivity contribution in [2.75, 3.05) is 0 Å². The molecule has 3 aromatic rings. The summed E-state index contributed by atoms with van der Waals surface area (Å²) in [7, 11) is 0. The molecular formula is C21H23NS. The second-order valence-corrected chi connectivity index (χ2v) is 7.12. The lowest BCUT2D eigenvalue weighted by Crippen LogP contribution is -2.21. The molecule has 0 spiro atoms. The van der Waals surface area contributed by atoms with E-state index in [1.165, 1.54) is 31.8 Å². The van der Waals surface area contributed by atoms with E-state index in [2.05, 4.69) is 79.9 Å². The smallest absolute Gasteiger partial charge is 0.0523 e. The van der Waals surface area contributed by atoms with E-state index < -0.39 is 0 Å². The minimum absolute atomic E-state index is 0.924. The molecule has 0 fully saturated rings. The lowest BCUT2D eigenvalue weighted by molar-refractivity contribution is 0.323. The first kappa shape index (κ1) is 15.8. The molecule has 0 amide bonds. The first-order chi connectivity index (χ1) is 11.2. The Morgan fingerprint density at radius 3 is 2.52 bits per heavy atom. The van der Waals surface area contributed by atoms with Gasteiger partial charge in [0.1, 0.15) is 0 Å². The highest BCUT2D eigenvalue weighted by atomic mass is 32.1. The second kappa shape index (κ2) is 7.01. The van der Waals surface area contributed by atoms with Crippen LogP contribution in [0, 0.1) is 6.92 Å². The highest BCUT2D eigenvalue weighted by Gasteiger charge is 2.11. The van der Waals surface area contributed by atoms with Crippen LogP contribution in [-0.2, 0) is 13.1 Å². The standard InChI is InChI=1S/C21H23NS/c1-4-17(3)22(14-19-11-6-5-9-16(19)2)15-20-13-18-10-7-8-12-21(18)23-20/h5-13H,3-4,14-15H2,1-2H3. The molecule has 0 unspecified atom stereocenters. The largest absolute Gasteiger partial charge is 0.366 e. The Labute approximate surface area is 142 Å². The van der Waals surface area contributed by atoms with Gasteiger partial charge < -0.3 is 4.90 Å². The number of aryl methyl sites for hydroxylation is 1. The van der Waals surface area contributed by atoms with Crippen molar-refractivity contribution in [2.45, 2.75) is 33.4 Å². The molecule has 1 aromatic heterocycles. The van der Waals surface area contributed by atoms with E-state index in [0.29, 0.717) is 0 Å². The number of fused-ring (bicyclic) bond motifs is 1. The Kier molecular flexibility index (Phi) is 4.82. The van der Waals surface area contributed by atoms with Gasteiger partial charge in [-0.15, -0.1) is 11.3 Å². The topological polar surface area (TPSA) is 3.24 Å². The minimum Gasteiger partial charge on any atom is -0.366 e. The Hall–Kier alpha value is -2.06. The fourth-order valence-corrected chi connectivity index (χ4v) is 3.88. The summed E-state index contributed by atoms with van der Waals surface area (Å²) in [5.74, 6) is 0. The number of allylic oxidation sites excluding steroid dienone is 1. The molecule has 0 aliphatic rings. The molecule has 23 heavy (non-hydrogen) atoms. The van der Waals surface area contributed by atoms with Crippen LogP contribution in [0.4, 0.5) is 0 Å². The Morgan fingerprint density at radius 2 is 1.78 bits per heavy atom. The highest BCUT2D eigenvalue weighted by molar-refractivity contribution is 7.19. The van der Waals surface area contributed by atoms with E-state index in [-0.39, 0.29) is 0 Å². The molecule has 0 saturated carbocycles. The first-order valence-corrected chi connectivity index (χ1v) is 8.93. The van der Waals surface area contributed by atoms with E-state index in [1.807, 2.05) is 11.3 Å². The molecule has 0 aliphatic heterocycles. The van der Waals surface area contributed by atoms with Crippen molar-refractivity contribution in [3.8, 4) is 0 Å². The van der Waals surface area contributed by atoms with Crippen LogP contribution in [0.15, 0.2) is 66.9 Å². The van der Waals surface area contributed by atoms with Crippen LogP contribution >= 0.6 is 11.3 Å². The zero-order chi connectivity index (χ0) is 16.2. The molecule has 0 bridgehead atoms. The average molecular weight is 321 g/mol. The Bertz CT molecular complexity index is 782. The minimum atomic E-state index is 0.924. The van der Waals surface area contributed by atoms with Crippen LogP contribution in [0.2, 0.25) is 0 Å². The Balaban J connectivity index is 1.84. The maximum atomic E-state index is 4.28. The number of thiophene rings is 1. The SMILES string of the molecule is C=C(CC)N(Cc1cc2ccccc2s1)Cc1ccccc1C. The van der Waals surface area contributed by atoms with Crippen molar-refractivity contribution in [1.29, 1.82) is 0 Å². The van der Waals surface area contributed by atoms with Crippen molar-refractivity contribution >= 4 is 21.4 Å². The normalized spacial score (nSPS) is 10.9. The number of hydrogen-bond acceptors (Lipinski definition) is 2. The number of rotatable bonds is 6. The van der Waals surface area contributed by atoms with Crippen molar-refractivity contribution in [3.63, 3.8) is 0 Å². The van der Waals surface area contributed by atoms with Gasteiger partial charge in [-0.1, -0.05) is 56.0 Å². The maximum absolute atomic E-state index is 4.28. The first-order valence-electron chi connectivity index (χ1n) is 8.12. The van der Waals surface area contributed by atoms with E-state index >= 15 is 0 Å². The van der Waals surface area contributed by atoms with Gasteiger partial charge in [0.25, 0.3) is 0 Å². The quantitative estimate of drug-likeness (QED) is 0.527. The molecule has 118 valence electrons. The molecule has 2 aromatic carbocycles. The van der Waals surface area contributed by atoms with E-state index in [4.69, 9.17) is 0 Å². The Morgan fingerprint density at radius 1 is 1.04 bits per heavy atom. The van der Waals surface area contributed by atoms with Crippen molar-refractivity contribution in [1.82, 2.24) is 4.90 Å². The molecular weight excluding hydrogens is 298 g/mol. The van der Waals surface area contributed by atoms with Crippen LogP contribution < -0.4 is 0 Å². The van der Waals surface area contributed by atoms with Crippen LogP contribution in [0.5, 0.6) is 0 Å². The van der Waals surface area contributed by atoms with E-state index in [9.17, 15) is 0 Å². The molecule has 0 atom stereocenters. The summed E-state index contributed by atoms with van der Waals surface area (Å²) in [5.41, 5.74) is 3.92. The van der Waals surface area contributed by atoms with Crippen molar-refractivity contribution < 1.29 is 0 Å². The monoisotopic (exact) mass is 321 g/mol. The van der Waals surface area contributed by atoms with E-state index in [1.54, 1.807) is 0 Å². The predicted octanol–water partition coefficient (Wildman–Crippen LogP) is 6.14. The van der Waals surface area contributed by atoms with Crippen LogP contribution in [-0.4, -0.2) is 4.90 Å². The second-order valence-electron chi connectivity index (χ2n) is 5.95. The molecule has 3 rings (SSSR count). The average Bonchev–Trinajstić information content (AvgIpc) is 2.97. The summed E-state index contributed by atoms with van der Waals surface area (Å²) >= 11 is 1.89. The van der Waals surface area contributed by atoms with Gasteiger partial charge in [0.15, 0.2) is 0 Å². The summed E-state index contributed by atoms with van der Waals surface area (Å²) < 4.78 is 1.36. The van der Waals surface area contributed by atoms with Gasteiger partial charge in [-0.2, -0.15) is 0 Å². The predicted molar refractivity (Wildman–Crippen MR) is 102 cm³/mol. The molecule has 2 heteroatoms. The van der Waals surface area contributed by atoms with Gasteiger partial charge in [0.2, 0.25) is 0 Å².